The maximum atomic E-state index is 11.9. The summed E-state index contributed by atoms with van der Waals surface area (Å²) in [6.07, 6.45) is 5.48. The summed E-state index contributed by atoms with van der Waals surface area (Å²) in [7, 11) is -2.89. The SMILES string of the molecule is CC(C)(CC/C=C\CO)[Si](O)(c1ccccc1)c1ccccc1. The second kappa shape index (κ2) is 7.73. The van der Waals surface area contributed by atoms with Crippen molar-refractivity contribution in [3.8, 4) is 0 Å². The average Bonchev–Trinajstić information content (AvgIpc) is 2.59. The second-order valence-corrected chi connectivity index (χ2v) is 10.4. The molecule has 0 unspecified atom stereocenters. The van der Waals surface area contributed by atoms with Crippen LogP contribution in [0.15, 0.2) is 72.8 Å². The molecular weight excluding hydrogens is 300 g/mol. The van der Waals surface area contributed by atoms with Gasteiger partial charge in [0.1, 0.15) is 0 Å². The van der Waals surface area contributed by atoms with Gasteiger partial charge in [-0.2, -0.15) is 0 Å². The Balaban J connectivity index is 2.43. The summed E-state index contributed by atoms with van der Waals surface area (Å²) in [5.41, 5.74) is 0. The van der Waals surface area contributed by atoms with Crippen molar-refractivity contribution >= 4 is 18.7 Å². The monoisotopic (exact) mass is 326 g/mol. The van der Waals surface area contributed by atoms with Gasteiger partial charge in [-0.3, -0.25) is 0 Å². The Bertz CT molecular complexity index is 581. The van der Waals surface area contributed by atoms with E-state index in [-0.39, 0.29) is 11.6 Å². The van der Waals surface area contributed by atoms with Gasteiger partial charge in [-0.05, 0) is 28.3 Å². The van der Waals surface area contributed by atoms with Crippen LogP contribution in [0.5, 0.6) is 0 Å². The van der Waals surface area contributed by atoms with E-state index in [1.54, 1.807) is 6.08 Å². The van der Waals surface area contributed by atoms with Crippen LogP contribution in [0, 0.1) is 0 Å². The number of hydrogen-bond acceptors (Lipinski definition) is 2. The molecule has 0 aliphatic heterocycles. The largest absolute Gasteiger partial charge is 0.424 e. The molecule has 2 nitrogen and oxygen atoms in total. The van der Waals surface area contributed by atoms with Gasteiger partial charge in [0, 0.05) is 0 Å². The number of benzene rings is 2. The molecule has 23 heavy (non-hydrogen) atoms. The minimum atomic E-state index is -2.89. The molecule has 3 heteroatoms. The van der Waals surface area contributed by atoms with Crippen molar-refractivity contribution in [1.29, 1.82) is 0 Å². The van der Waals surface area contributed by atoms with Crippen LogP contribution in [0.2, 0.25) is 5.04 Å². The maximum Gasteiger partial charge on any atom is 0.258 e. The first-order valence-electron chi connectivity index (χ1n) is 8.11. The Morgan fingerprint density at radius 2 is 1.35 bits per heavy atom. The van der Waals surface area contributed by atoms with Gasteiger partial charge in [0.05, 0.1) is 6.61 Å². The fourth-order valence-electron chi connectivity index (χ4n) is 3.12. The lowest BCUT2D eigenvalue weighted by molar-refractivity contribution is 0.342. The van der Waals surface area contributed by atoms with Gasteiger partial charge in [-0.15, -0.1) is 0 Å². The summed E-state index contributed by atoms with van der Waals surface area (Å²) in [5, 5.41) is 10.7. The lowest BCUT2D eigenvalue weighted by atomic mass is 10.1. The lowest BCUT2D eigenvalue weighted by Crippen LogP contribution is -2.65. The Labute approximate surface area is 140 Å². The molecular formula is C20H26O2Si. The lowest BCUT2D eigenvalue weighted by Gasteiger charge is -2.41. The molecule has 0 amide bonds. The molecule has 0 atom stereocenters. The van der Waals surface area contributed by atoms with Gasteiger partial charge in [0.2, 0.25) is 0 Å². The van der Waals surface area contributed by atoms with Crippen LogP contribution < -0.4 is 10.4 Å². The predicted molar refractivity (Wildman–Crippen MR) is 99.6 cm³/mol. The van der Waals surface area contributed by atoms with Gasteiger partial charge in [0.15, 0.2) is 0 Å². The number of rotatable bonds is 7. The Morgan fingerprint density at radius 1 is 0.870 bits per heavy atom. The Hall–Kier alpha value is -1.68. The predicted octanol–water partition coefficient (Wildman–Crippen LogP) is 2.85. The number of aliphatic hydroxyl groups is 1. The van der Waals surface area contributed by atoms with Gasteiger partial charge < -0.3 is 9.90 Å². The van der Waals surface area contributed by atoms with Crippen molar-refractivity contribution in [3.63, 3.8) is 0 Å². The first kappa shape index (κ1) is 17.7. The normalized spacial score (nSPS) is 12.7. The standard InChI is InChI=1S/C20H26O2Si/c1-20(2,16-10-5-11-17-21)23(22,18-12-6-3-7-13-18)19-14-8-4-9-15-19/h3-9,11-15,21-22H,10,16-17H2,1-2H3/b11-5-. The highest BCUT2D eigenvalue weighted by molar-refractivity contribution is 6.98. The highest BCUT2D eigenvalue weighted by Crippen LogP contribution is 2.39. The Kier molecular flexibility index (Phi) is 5.94. The first-order valence-corrected chi connectivity index (χ1v) is 10.1. The summed E-state index contributed by atoms with van der Waals surface area (Å²) in [4.78, 5) is 11.9. The minimum Gasteiger partial charge on any atom is -0.424 e. The topological polar surface area (TPSA) is 40.5 Å². The molecule has 122 valence electrons. The van der Waals surface area contributed by atoms with Gasteiger partial charge >= 0.3 is 0 Å². The van der Waals surface area contributed by atoms with Crippen molar-refractivity contribution < 1.29 is 9.90 Å². The molecule has 0 fully saturated rings. The summed E-state index contributed by atoms with van der Waals surface area (Å²) < 4.78 is 0. The molecule has 0 heterocycles. The fourth-order valence-corrected chi connectivity index (χ4v) is 6.88. The summed E-state index contributed by atoms with van der Waals surface area (Å²) in [6, 6.07) is 20.1. The first-order chi connectivity index (χ1) is 11.0. The van der Waals surface area contributed by atoms with E-state index in [4.69, 9.17) is 5.11 Å². The highest BCUT2D eigenvalue weighted by Gasteiger charge is 2.49. The van der Waals surface area contributed by atoms with E-state index in [9.17, 15) is 4.80 Å². The number of aliphatic hydroxyl groups excluding tert-OH is 1. The summed E-state index contributed by atoms with van der Waals surface area (Å²) >= 11 is 0. The molecule has 0 radical (unpaired) electrons. The summed E-state index contributed by atoms with van der Waals surface area (Å²) in [6.45, 7) is 4.39. The molecule has 2 aromatic carbocycles. The van der Waals surface area contributed by atoms with Gasteiger partial charge in [0.25, 0.3) is 8.32 Å². The second-order valence-electron chi connectivity index (χ2n) is 6.52. The third-order valence-electron chi connectivity index (χ3n) is 4.57. The highest BCUT2D eigenvalue weighted by atomic mass is 28.4. The Morgan fingerprint density at radius 3 is 1.78 bits per heavy atom. The van der Waals surface area contributed by atoms with Crippen molar-refractivity contribution in [2.45, 2.75) is 31.7 Å². The van der Waals surface area contributed by atoms with Crippen LogP contribution in [0.25, 0.3) is 0 Å². The zero-order valence-electron chi connectivity index (χ0n) is 13.9. The quantitative estimate of drug-likeness (QED) is 0.607. The number of allylic oxidation sites excluding steroid dienone is 1. The van der Waals surface area contributed by atoms with Crippen LogP contribution in [0.1, 0.15) is 26.7 Å². The van der Waals surface area contributed by atoms with Gasteiger partial charge in [-0.25, -0.2) is 0 Å². The molecule has 0 aromatic heterocycles. The molecule has 0 spiro atoms. The summed E-state index contributed by atoms with van der Waals surface area (Å²) in [5.74, 6) is 0. The van der Waals surface area contributed by atoms with Crippen molar-refractivity contribution in [1.82, 2.24) is 0 Å². The molecule has 2 N–H and O–H groups in total. The number of hydrogen-bond donors (Lipinski definition) is 2. The molecule has 0 bridgehead atoms. The van der Waals surface area contributed by atoms with E-state index in [1.807, 2.05) is 66.7 Å². The minimum absolute atomic E-state index is 0.0689. The maximum absolute atomic E-state index is 11.9. The molecule has 2 rings (SSSR count). The van der Waals surface area contributed by atoms with Crippen LogP contribution in [0.4, 0.5) is 0 Å². The average molecular weight is 327 g/mol. The van der Waals surface area contributed by atoms with Crippen molar-refractivity contribution in [3.05, 3.63) is 72.8 Å². The van der Waals surface area contributed by atoms with Crippen LogP contribution in [-0.4, -0.2) is 24.8 Å². The smallest absolute Gasteiger partial charge is 0.258 e. The molecule has 0 saturated carbocycles. The zero-order valence-corrected chi connectivity index (χ0v) is 14.9. The fraction of sp³-hybridized carbons (Fsp3) is 0.300. The van der Waals surface area contributed by atoms with Crippen LogP contribution in [0.3, 0.4) is 0 Å². The van der Waals surface area contributed by atoms with E-state index >= 15 is 0 Å². The van der Waals surface area contributed by atoms with E-state index in [0.717, 1.165) is 23.2 Å². The van der Waals surface area contributed by atoms with Gasteiger partial charge in [-0.1, -0.05) is 86.7 Å². The van der Waals surface area contributed by atoms with Crippen LogP contribution in [-0.2, 0) is 0 Å². The van der Waals surface area contributed by atoms with Crippen molar-refractivity contribution in [2.75, 3.05) is 6.61 Å². The molecule has 0 saturated heterocycles. The molecule has 0 aliphatic carbocycles. The van der Waals surface area contributed by atoms with E-state index in [2.05, 4.69) is 13.8 Å². The van der Waals surface area contributed by atoms with E-state index < -0.39 is 8.32 Å². The van der Waals surface area contributed by atoms with E-state index in [1.165, 1.54) is 0 Å². The molecule has 2 aromatic rings. The molecule has 0 aliphatic rings. The van der Waals surface area contributed by atoms with Crippen molar-refractivity contribution in [2.24, 2.45) is 0 Å². The third kappa shape index (κ3) is 3.81. The van der Waals surface area contributed by atoms with Crippen LogP contribution >= 0.6 is 0 Å². The van der Waals surface area contributed by atoms with E-state index in [0.29, 0.717) is 0 Å². The zero-order chi connectivity index (χ0) is 16.8. The third-order valence-corrected chi connectivity index (χ3v) is 9.12.